The maximum Gasteiger partial charge on any atom is 0.261 e. The van der Waals surface area contributed by atoms with Gasteiger partial charge in [-0.2, -0.15) is 0 Å². The molecule has 0 aliphatic heterocycles. The van der Waals surface area contributed by atoms with Gasteiger partial charge in [0.05, 0.1) is 0 Å². The predicted octanol–water partition coefficient (Wildman–Crippen LogP) is 5.19. The average molecular weight is 479 g/mol. The molecule has 0 aliphatic carbocycles. The molecule has 0 saturated heterocycles. The highest BCUT2D eigenvalue weighted by Gasteiger charge is 2.30. The van der Waals surface area contributed by atoms with Gasteiger partial charge in [0.15, 0.2) is 6.61 Å². The first-order valence-electron chi connectivity index (χ1n) is 11.5. The van der Waals surface area contributed by atoms with Crippen molar-refractivity contribution in [2.45, 2.75) is 39.3 Å². The summed E-state index contributed by atoms with van der Waals surface area (Å²) in [5.74, 6) is 0.131. The van der Waals surface area contributed by atoms with Crippen molar-refractivity contribution < 1.29 is 14.3 Å². The molecule has 2 amide bonds. The minimum atomic E-state index is -0.669. The fourth-order valence-electron chi connectivity index (χ4n) is 3.64. The van der Waals surface area contributed by atoms with Gasteiger partial charge in [-0.15, -0.1) is 0 Å². The van der Waals surface area contributed by atoms with E-state index in [-0.39, 0.29) is 18.4 Å². The molecule has 0 aromatic heterocycles. The van der Waals surface area contributed by atoms with Gasteiger partial charge in [0.2, 0.25) is 5.91 Å². The van der Waals surface area contributed by atoms with Crippen molar-refractivity contribution >= 4 is 23.4 Å². The van der Waals surface area contributed by atoms with E-state index in [4.69, 9.17) is 16.3 Å². The molecule has 178 valence electrons. The minimum Gasteiger partial charge on any atom is -0.484 e. The Balaban J connectivity index is 1.86. The summed E-state index contributed by atoms with van der Waals surface area (Å²) < 4.78 is 5.80. The molecule has 0 unspecified atom stereocenters. The van der Waals surface area contributed by atoms with Crippen LogP contribution in [0.1, 0.15) is 30.0 Å². The Bertz CT molecular complexity index is 1070. The Morgan fingerprint density at radius 1 is 0.971 bits per heavy atom. The van der Waals surface area contributed by atoms with Gasteiger partial charge in [0.25, 0.3) is 5.91 Å². The SMILES string of the molecule is CCCNC(=O)[C@H](Cc1ccccc1)N(Cc1ccccc1)C(=O)COc1ccc(Cl)c(C)c1. The third-order valence-corrected chi connectivity index (χ3v) is 5.93. The molecular weight excluding hydrogens is 448 g/mol. The monoisotopic (exact) mass is 478 g/mol. The molecule has 0 fully saturated rings. The lowest BCUT2D eigenvalue weighted by molar-refractivity contribution is -0.142. The summed E-state index contributed by atoms with van der Waals surface area (Å²) in [6.07, 6.45) is 1.23. The number of nitrogens with zero attached hydrogens (tertiary/aromatic N) is 1. The lowest BCUT2D eigenvalue weighted by Crippen LogP contribution is -2.51. The quantitative estimate of drug-likeness (QED) is 0.412. The van der Waals surface area contributed by atoms with Crippen molar-refractivity contribution in [1.82, 2.24) is 10.2 Å². The Hall–Kier alpha value is -3.31. The number of aryl methyl sites for hydroxylation is 1. The summed E-state index contributed by atoms with van der Waals surface area (Å²) in [6.45, 7) is 4.56. The molecule has 6 heteroatoms. The summed E-state index contributed by atoms with van der Waals surface area (Å²) in [5, 5.41) is 3.61. The Kier molecular flexibility index (Phi) is 9.53. The van der Waals surface area contributed by atoms with E-state index >= 15 is 0 Å². The standard InChI is InChI=1S/C28H31ClN2O3/c1-3-16-30-28(33)26(18-22-10-6-4-7-11-22)31(19-23-12-8-5-9-13-23)27(32)20-34-24-14-15-25(29)21(2)17-24/h4-15,17,26H,3,16,18-20H2,1-2H3,(H,30,33)/t26-/m0/s1. The molecule has 3 aromatic rings. The fraction of sp³-hybridized carbons (Fsp3) is 0.286. The molecule has 0 bridgehead atoms. The van der Waals surface area contributed by atoms with E-state index in [9.17, 15) is 9.59 Å². The second-order valence-electron chi connectivity index (χ2n) is 8.20. The third-order valence-electron chi connectivity index (χ3n) is 5.51. The number of hydrogen-bond acceptors (Lipinski definition) is 3. The Morgan fingerprint density at radius 2 is 1.62 bits per heavy atom. The van der Waals surface area contributed by atoms with Gasteiger partial charge >= 0.3 is 0 Å². The van der Waals surface area contributed by atoms with Crippen LogP contribution in [0.4, 0.5) is 0 Å². The molecule has 0 spiro atoms. The second-order valence-corrected chi connectivity index (χ2v) is 8.61. The highest BCUT2D eigenvalue weighted by molar-refractivity contribution is 6.31. The van der Waals surface area contributed by atoms with Crippen LogP contribution in [0, 0.1) is 6.92 Å². The van der Waals surface area contributed by atoms with Crippen LogP contribution >= 0.6 is 11.6 Å². The van der Waals surface area contributed by atoms with Gasteiger partial charge in [-0.25, -0.2) is 0 Å². The molecule has 34 heavy (non-hydrogen) atoms. The number of hydrogen-bond donors (Lipinski definition) is 1. The fourth-order valence-corrected chi connectivity index (χ4v) is 3.75. The number of benzene rings is 3. The first-order chi connectivity index (χ1) is 16.5. The van der Waals surface area contributed by atoms with Crippen molar-refractivity contribution in [2.24, 2.45) is 0 Å². The summed E-state index contributed by atoms with van der Waals surface area (Å²) >= 11 is 6.10. The molecule has 0 radical (unpaired) electrons. The molecule has 0 heterocycles. The summed E-state index contributed by atoms with van der Waals surface area (Å²) in [5.41, 5.74) is 2.80. The molecule has 0 saturated carbocycles. The number of ether oxygens (including phenoxy) is 1. The number of nitrogens with one attached hydrogen (secondary N) is 1. The summed E-state index contributed by atoms with van der Waals surface area (Å²) in [6, 6.07) is 24.0. The van der Waals surface area contributed by atoms with Gasteiger partial charge in [0, 0.05) is 24.5 Å². The van der Waals surface area contributed by atoms with Gasteiger partial charge in [-0.05, 0) is 48.2 Å². The van der Waals surface area contributed by atoms with Crippen molar-refractivity contribution in [3.05, 3.63) is 101 Å². The molecule has 0 aliphatic rings. The van der Waals surface area contributed by atoms with Gasteiger partial charge in [-0.1, -0.05) is 79.2 Å². The highest BCUT2D eigenvalue weighted by Crippen LogP contribution is 2.21. The Labute approximate surface area is 206 Å². The zero-order valence-corrected chi connectivity index (χ0v) is 20.4. The number of carbonyl (C=O) groups is 2. The lowest BCUT2D eigenvalue weighted by Gasteiger charge is -2.31. The molecular formula is C28H31ClN2O3. The van der Waals surface area contributed by atoms with E-state index in [1.54, 1.807) is 23.1 Å². The van der Waals surface area contributed by atoms with E-state index < -0.39 is 6.04 Å². The molecule has 5 nitrogen and oxygen atoms in total. The number of halogens is 1. The van der Waals surface area contributed by atoms with Gasteiger partial charge in [-0.3, -0.25) is 9.59 Å². The lowest BCUT2D eigenvalue weighted by atomic mass is 10.0. The molecule has 3 aromatic carbocycles. The van der Waals surface area contributed by atoms with E-state index in [0.717, 1.165) is 23.1 Å². The number of carbonyl (C=O) groups excluding carboxylic acids is 2. The minimum absolute atomic E-state index is 0.169. The van der Waals surface area contributed by atoms with Gasteiger partial charge in [0.1, 0.15) is 11.8 Å². The van der Waals surface area contributed by atoms with Crippen LogP contribution < -0.4 is 10.1 Å². The van der Waals surface area contributed by atoms with E-state index in [2.05, 4.69) is 5.32 Å². The average Bonchev–Trinajstić information content (AvgIpc) is 2.86. The predicted molar refractivity (Wildman–Crippen MR) is 136 cm³/mol. The van der Waals surface area contributed by atoms with Crippen LogP contribution in [0.5, 0.6) is 5.75 Å². The smallest absolute Gasteiger partial charge is 0.261 e. The topological polar surface area (TPSA) is 58.6 Å². The van der Waals surface area contributed by atoms with Crippen LogP contribution in [0.2, 0.25) is 5.02 Å². The van der Waals surface area contributed by atoms with Crippen molar-refractivity contribution in [3.63, 3.8) is 0 Å². The van der Waals surface area contributed by atoms with Crippen LogP contribution in [0.3, 0.4) is 0 Å². The first kappa shape index (κ1) is 25.3. The Morgan fingerprint density at radius 3 is 2.24 bits per heavy atom. The van der Waals surface area contributed by atoms with Crippen LogP contribution in [0.15, 0.2) is 78.9 Å². The molecule has 3 rings (SSSR count). The van der Waals surface area contributed by atoms with Crippen molar-refractivity contribution in [2.75, 3.05) is 13.2 Å². The number of amides is 2. The second kappa shape index (κ2) is 12.8. The molecule has 1 N–H and O–H groups in total. The van der Waals surface area contributed by atoms with Crippen LogP contribution in [-0.2, 0) is 22.6 Å². The normalized spacial score (nSPS) is 11.5. The van der Waals surface area contributed by atoms with Crippen LogP contribution in [0.25, 0.3) is 0 Å². The number of rotatable bonds is 11. The third kappa shape index (κ3) is 7.35. The van der Waals surface area contributed by atoms with Crippen LogP contribution in [-0.4, -0.2) is 35.9 Å². The maximum atomic E-state index is 13.5. The largest absolute Gasteiger partial charge is 0.484 e. The van der Waals surface area contributed by atoms with Crippen molar-refractivity contribution in [1.29, 1.82) is 0 Å². The zero-order chi connectivity index (χ0) is 24.3. The highest BCUT2D eigenvalue weighted by atomic mass is 35.5. The molecule has 1 atom stereocenters. The zero-order valence-electron chi connectivity index (χ0n) is 19.7. The summed E-state index contributed by atoms with van der Waals surface area (Å²) in [7, 11) is 0. The van der Waals surface area contributed by atoms with E-state index in [1.165, 1.54) is 0 Å². The van der Waals surface area contributed by atoms with E-state index in [0.29, 0.717) is 30.3 Å². The first-order valence-corrected chi connectivity index (χ1v) is 11.9. The van der Waals surface area contributed by atoms with E-state index in [1.807, 2.05) is 74.5 Å². The maximum absolute atomic E-state index is 13.5. The van der Waals surface area contributed by atoms with Gasteiger partial charge < -0.3 is 15.0 Å². The summed E-state index contributed by atoms with van der Waals surface area (Å²) in [4.78, 5) is 28.3. The van der Waals surface area contributed by atoms with Crippen molar-refractivity contribution in [3.8, 4) is 5.75 Å².